The predicted molar refractivity (Wildman–Crippen MR) is 83.3 cm³/mol. The van der Waals surface area contributed by atoms with Crippen molar-refractivity contribution in [1.82, 2.24) is 9.88 Å². The summed E-state index contributed by atoms with van der Waals surface area (Å²) in [5.74, 6) is 0.692. The molecule has 2 heterocycles. The molecule has 21 heavy (non-hydrogen) atoms. The number of aryl methyl sites for hydroxylation is 1. The first kappa shape index (κ1) is 13.8. The lowest BCUT2D eigenvalue weighted by molar-refractivity contribution is 0.0712. The van der Waals surface area contributed by atoms with Crippen molar-refractivity contribution in [1.29, 1.82) is 0 Å². The van der Waals surface area contributed by atoms with Gasteiger partial charge < -0.3 is 4.90 Å². The lowest BCUT2D eigenvalue weighted by Gasteiger charge is -2.32. The Morgan fingerprint density at radius 3 is 2.52 bits per heavy atom. The maximum Gasteiger partial charge on any atom is 0.255 e. The van der Waals surface area contributed by atoms with Crippen molar-refractivity contribution in [3.63, 3.8) is 0 Å². The normalized spacial score (nSPS) is 16.0. The lowest BCUT2D eigenvalue weighted by atomic mass is 9.89. The van der Waals surface area contributed by atoms with Crippen LogP contribution in [0.1, 0.15) is 40.2 Å². The highest BCUT2D eigenvalue weighted by molar-refractivity contribution is 5.95. The van der Waals surface area contributed by atoms with E-state index in [0.717, 1.165) is 37.1 Å². The van der Waals surface area contributed by atoms with Crippen LogP contribution >= 0.6 is 0 Å². The molecule has 1 aliphatic heterocycles. The fourth-order valence-electron chi connectivity index (χ4n) is 3.00. The highest BCUT2D eigenvalue weighted by Crippen LogP contribution is 2.28. The van der Waals surface area contributed by atoms with Crippen LogP contribution in [0.2, 0.25) is 0 Å². The molecule has 0 aliphatic carbocycles. The minimum Gasteiger partial charge on any atom is -0.339 e. The van der Waals surface area contributed by atoms with Crippen LogP contribution in [0.25, 0.3) is 0 Å². The first-order valence-corrected chi connectivity index (χ1v) is 7.50. The van der Waals surface area contributed by atoms with E-state index >= 15 is 0 Å². The van der Waals surface area contributed by atoms with E-state index in [1.54, 1.807) is 12.4 Å². The third-order valence-corrected chi connectivity index (χ3v) is 4.32. The Kier molecular flexibility index (Phi) is 4.00. The highest BCUT2D eigenvalue weighted by Gasteiger charge is 2.25. The second-order valence-corrected chi connectivity index (χ2v) is 5.67. The van der Waals surface area contributed by atoms with E-state index in [2.05, 4.69) is 29.2 Å². The smallest absolute Gasteiger partial charge is 0.255 e. The molecule has 3 heteroatoms. The van der Waals surface area contributed by atoms with Gasteiger partial charge in [-0.3, -0.25) is 9.78 Å². The first-order valence-electron chi connectivity index (χ1n) is 7.50. The Hall–Kier alpha value is -2.16. The van der Waals surface area contributed by atoms with Crippen LogP contribution in [-0.2, 0) is 0 Å². The Balaban J connectivity index is 1.66. The van der Waals surface area contributed by atoms with Crippen molar-refractivity contribution in [2.45, 2.75) is 25.7 Å². The Morgan fingerprint density at radius 1 is 1.14 bits per heavy atom. The van der Waals surface area contributed by atoms with Gasteiger partial charge in [-0.1, -0.05) is 30.3 Å². The van der Waals surface area contributed by atoms with Crippen molar-refractivity contribution in [3.8, 4) is 0 Å². The number of piperidine rings is 1. The summed E-state index contributed by atoms with van der Waals surface area (Å²) in [4.78, 5) is 18.6. The van der Waals surface area contributed by atoms with Gasteiger partial charge in [0, 0.05) is 25.5 Å². The largest absolute Gasteiger partial charge is 0.339 e. The van der Waals surface area contributed by atoms with Gasteiger partial charge >= 0.3 is 0 Å². The van der Waals surface area contributed by atoms with Crippen molar-refractivity contribution in [2.75, 3.05) is 13.1 Å². The van der Waals surface area contributed by atoms with Gasteiger partial charge in [-0.15, -0.1) is 0 Å². The summed E-state index contributed by atoms with van der Waals surface area (Å²) < 4.78 is 0. The van der Waals surface area contributed by atoms with Gasteiger partial charge in [0.1, 0.15) is 0 Å². The number of pyridine rings is 1. The zero-order chi connectivity index (χ0) is 14.7. The highest BCUT2D eigenvalue weighted by atomic mass is 16.2. The number of carbonyl (C=O) groups excluding carboxylic acids is 1. The molecule has 0 radical (unpaired) electrons. The summed E-state index contributed by atoms with van der Waals surface area (Å²) in [7, 11) is 0. The summed E-state index contributed by atoms with van der Waals surface area (Å²) >= 11 is 0. The summed E-state index contributed by atoms with van der Waals surface area (Å²) in [5, 5.41) is 0. The zero-order valence-electron chi connectivity index (χ0n) is 12.3. The zero-order valence-corrected chi connectivity index (χ0v) is 12.3. The lowest BCUT2D eigenvalue weighted by Crippen LogP contribution is -2.38. The van der Waals surface area contributed by atoms with Crippen molar-refractivity contribution >= 4 is 5.91 Å². The molecular weight excluding hydrogens is 260 g/mol. The molecule has 3 nitrogen and oxygen atoms in total. The van der Waals surface area contributed by atoms with Crippen LogP contribution in [0, 0.1) is 6.92 Å². The molecule has 0 spiro atoms. The third kappa shape index (κ3) is 2.97. The number of carbonyl (C=O) groups is 1. The maximum atomic E-state index is 12.5. The molecule has 0 saturated carbocycles. The summed E-state index contributed by atoms with van der Waals surface area (Å²) in [6.45, 7) is 3.62. The molecule has 0 bridgehead atoms. The molecule has 0 atom stereocenters. The molecule has 1 fully saturated rings. The molecule has 1 aromatic heterocycles. The second kappa shape index (κ2) is 6.08. The third-order valence-electron chi connectivity index (χ3n) is 4.32. The molecule has 2 aromatic rings. The van der Waals surface area contributed by atoms with E-state index in [0.29, 0.717) is 5.92 Å². The summed E-state index contributed by atoms with van der Waals surface area (Å²) in [5.41, 5.74) is 3.12. The monoisotopic (exact) mass is 280 g/mol. The molecule has 1 amide bonds. The SMILES string of the molecule is Cc1ccncc1C(=O)N1CCC(c2ccccc2)CC1. The van der Waals surface area contributed by atoms with Crippen molar-refractivity contribution in [2.24, 2.45) is 0 Å². The fraction of sp³-hybridized carbons (Fsp3) is 0.333. The maximum absolute atomic E-state index is 12.5. The standard InChI is InChI=1S/C18H20N2O/c1-14-7-10-19-13-17(14)18(21)20-11-8-16(9-12-20)15-5-3-2-4-6-15/h2-7,10,13,16H,8-9,11-12H2,1H3. The van der Waals surface area contributed by atoms with Gasteiger partial charge in [0.25, 0.3) is 5.91 Å². The molecular formula is C18H20N2O. The van der Waals surface area contributed by atoms with Crippen LogP contribution in [0.4, 0.5) is 0 Å². The fourth-order valence-corrected chi connectivity index (χ4v) is 3.00. The quantitative estimate of drug-likeness (QED) is 0.844. The molecule has 3 rings (SSSR count). The minimum atomic E-state index is 0.118. The molecule has 0 unspecified atom stereocenters. The minimum absolute atomic E-state index is 0.118. The van der Waals surface area contributed by atoms with E-state index in [4.69, 9.17) is 0 Å². The van der Waals surface area contributed by atoms with Gasteiger partial charge in [-0.05, 0) is 42.9 Å². The van der Waals surface area contributed by atoms with Gasteiger partial charge in [0.15, 0.2) is 0 Å². The number of hydrogen-bond donors (Lipinski definition) is 0. The molecule has 108 valence electrons. The first-order chi connectivity index (χ1) is 10.3. The van der Waals surface area contributed by atoms with Gasteiger partial charge in [-0.2, -0.15) is 0 Å². The van der Waals surface area contributed by atoms with Gasteiger partial charge in [0.2, 0.25) is 0 Å². The molecule has 1 aromatic carbocycles. The van der Waals surface area contributed by atoms with Crippen LogP contribution in [0.5, 0.6) is 0 Å². The van der Waals surface area contributed by atoms with E-state index in [9.17, 15) is 4.79 Å². The Labute approximate surface area is 125 Å². The number of likely N-dealkylation sites (tertiary alicyclic amines) is 1. The number of hydrogen-bond acceptors (Lipinski definition) is 2. The predicted octanol–water partition coefficient (Wildman–Crippen LogP) is 3.41. The van der Waals surface area contributed by atoms with Gasteiger partial charge in [-0.25, -0.2) is 0 Å². The molecule has 0 N–H and O–H groups in total. The summed E-state index contributed by atoms with van der Waals surface area (Å²) in [6.07, 6.45) is 5.48. The average molecular weight is 280 g/mol. The second-order valence-electron chi connectivity index (χ2n) is 5.67. The van der Waals surface area contributed by atoms with Gasteiger partial charge in [0.05, 0.1) is 5.56 Å². The number of aromatic nitrogens is 1. The molecule has 1 aliphatic rings. The number of benzene rings is 1. The van der Waals surface area contributed by atoms with Crippen LogP contribution in [-0.4, -0.2) is 28.9 Å². The van der Waals surface area contributed by atoms with Crippen LogP contribution < -0.4 is 0 Å². The summed E-state index contributed by atoms with van der Waals surface area (Å²) in [6, 6.07) is 12.5. The van der Waals surface area contributed by atoms with E-state index in [1.807, 2.05) is 24.0 Å². The Morgan fingerprint density at radius 2 is 1.86 bits per heavy atom. The molecule has 1 saturated heterocycles. The average Bonchev–Trinajstić information content (AvgIpc) is 2.56. The van der Waals surface area contributed by atoms with Crippen molar-refractivity contribution in [3.05, 3.63) is 65.5 Å². The van der Waals surface area contributed by atoms with E-state index < -0.39 is 0 Å². The number of nitrogens with zero attached hydrogens (tertiary/aromatic N) is 2. The van der Waals surface area contributed by atoms with E-state index in [1.165, 1.54) is 5.56 Å². The number of rotatable bonds is 2. The van der Waals surface area contributed by atoms with Crippen molar-refractivity contribution < 1.29 is 4.79 Å². The number of amides is 1. The van der Waals surface area contributed by atoms with E-state index in [-0.39, 0.29) is 5.91 Å². The van der Waals surface area contributed by atoms with Crippen LogP contribution in [0.3, 0.4) is 0 Å². The Bertz CT molecular complexity index is 616. The van der Waals surface area contributed by atoms with Crippen LogP contribution in [0.15, 0.2) is 48.8 Å². The topological polar surface area (TPSA) is 33.2 Å².